The van der Waals surface area contributed by atoms with Gasteiger partial charge in [-0.2, -0.15) is 0 Å². The number of carbonyl (C=O) groups excluding carboxylic acids is 1. The van der Waals surface area contributed by atoms with E-state index >= 15 is 0 Å². The summed E-state index contributed by atoms with van der Waals surface area (Å²) >= 11 is 0. The highest BCUT2D eigenvalue weighted by atomic mass is 35.5. The Bertz CT molecular complexity index is 834. The zero-order chi connectivity index (χ0) is 19.5. The summed E-state index contributed by atoms with van der Waals surface area (Å²) in [4.78, 5) is 14.9. The molecular weight excluding hydrogens is 400 g/mol. The van der Waals surface area contributed by atoms with E-state index in [1.54, 1.807) is 15.8 Å². The number of carbonyl (C=O) groups is 1. The van der Waals surface area contributed by atoms with E-state index in [1.807, 2.05) is 0 Å². The summed E-state index contributed by atoms with van der Waals surface area (Å²) in [6.07, 6.45) is 7.37. The Morgan fingerprint density at radius 3 is 2.62 bits per heavy atom. The number of halogens is 3. The Kier molecular flexibility index (Phi) is 7.18. The van der Waals surface area contributed by atoms with Gasteiger partial charge in [0.1, 0.15) is 11.6 Å². The average Bonchev–Trinajstić information content (AvgIpc) is 3.41. The minimum absolute atomic E-state index is 0. The first-order chi connectivity index (χ1) is 13.6. The van der Waals surface area contributed by atoms with Crippen molar-refractivity contribution < 1.29 is 13.6 Å². The predicted molar refractivity (Wildman–Crippen MR) is 107 cm³/mol. The average molecular weight is 426 g/mol. The molecule has 4 rings (SSSR count). The summed E-state index contributed by atoms with van der Waals surface area (Å²) in [6, 6.07) is 3.60. The van der Waals surface area contributed by atoms with Crippen LogP contribution in [0.25, 0.3) is 0 Å². The van der Waals surface area contributed by atoms with Crippen LogP contribution in [0.1, 0.15) is 60.6 Å². The van der Waals surface area contributed by atoms with Gasteiger partial charge in [0.25, 0.3) is 5.91 Å². The van der Waals surface area contributed by atoms with Gasteiger partial charge in [0.05, 0.1) is 12.2 Å². The Labute approximate surface area is 175 Å². The van der Waals surface area contributed by atoms with Crippen LogP contribution in [-0.4, -0.2) is 44.9 Å². The number of amides is 1. The molecule has 1 amide bonds. The zero-order valence-electron chi connectivity index (χ0n) is 16.2. The lowest BCUT2D eigenvalue weighted by atomic mass is 10.1. The third-order valence-corrected chi connectivity index (χ3v) is 5.79. The molecule has 0 unspecified atom stereocenters. The van der Waals surface area contributed by atoms with Crippen molar-refractivity contribution in [2.45, 2.75) is 57.2 Å². The van der Waals surface area contributed by atoms with E-state index in [2.05, 4.69) is 15.6 Å². The number of hydrogen-bond donors (Lipinski definition) is 1. The van der Waals surface area contributed by atoms with Crippen molar-refractivity contribution in [1.29, 1.82) is 0 Å². The van der Waals surface area contributed by atoms with Gasteiger partial charge in [-0.25, -0.2) is 13.5 Å². The number of rotatable bonds is 5. The molecule has 1 aliphatic heterocycles. The molecule has 29 heavy (non-hydrogen) atoms. The SMILES string of the molecule is Cl.O=C(c1cn(C2CCNCC2)nn1)N(Cc1cc(F)ccc1F)C1CCCC1. The molecule has 1 N–H and O–H groups in total. The van der Waals surface area contributed by atoms with Gasteiger partial charge >= 0.3 is 0 Å². The molecule has 2 aliphatic rings. The van der Waals surface area contributed by atoms with E-state index in [0.717, 1.165) is 69.8 Å². The number of hydrogen-bond acceptors (Lipinski definition) is 4. The second kappa shape index (κ2) is 9.63. The molecule has 1 saturated heterocycles. The number of aromatic nitrogens is 3. The quantitative estimate of drug-likeness (QED) is 0.796. The first-order valence-corrected chi connectivity index (χ1v) is 9.99. The molecule has 1 aromatic heterocycles. The van der Waals surface area contributed by atoms with E-state index in [4.69, 9.17) is 0 Å². The van der Waals surface area contributed by atoms with Crippen LogP contribution in [0.4, 0.5) is 8.78 Å². The van der Waals surface area contributed by atoms with Crippen molar-refractivity contribution in [3.05, 3.63) is 47.3 Å². The molecule has 1 aromatic carbocycles. The Balaban J connectivity index is 0.00000240. The number of nitrogens with zero attached hydrogens (tertiary/aromatic N) is 4. The van der Waals surface area contributed by atoms with Crippen molar-refractivity contribution >= 4 is 18.3 Å². The molecule has 2 heterocycles. The molecule has 1 saturated carbocycles. The number of benzene rings is 1. The lowest BCUT2D eigenvalue weighted by Crippen LogP contribution is -2.38. The topological polar surface area (TPSA) is 63.1 Å². The van der Waals surface area contributed by atoms with Crippen molar-refractivity contribution in [2.24, 2.45) is 0 Å². The molecule has 0 radical (unpaired) electrons. The van der Waals surface area contributed by atoms with Crippen LogP contribution >= 0.6 is 12.4 Å². The van der Waals surface area contributed by atoms with Crippen LogP contribution in [-0.2, 0) is 6.54 Å². The van der Waals surface area contributed by atoms with E-state index < -0.39 is 11.6 Å². The molecule has 2 fully saturated rings. The standard InChI is InChI=1S/C20H25F2N5O.ClH/c21-15-5-6-18(22)14(11-15)12-26(16-3-1-2-4-16)20(28)19-13-27(25-24-19)17-7-9-23-10-8-17;/h5-6,11,13,16-17,23H,1-4,7-10,12H2;1H. The number of piperidine rings is 1. The van der Waals surface area contributed by atoms with Gasteiger partial charge in [-0.1, -0.05) is 18.1 Å². The van der Waals surface area contributed by atoms with Crippen molar-refractivity contribution in [2.75, 3.05) is 13.1 Å². The predicted octanol–water partition coefficient (Wildman–Crippen LogP) is 3.49. The lowest BCUT2D eigenvalue weighted by Gasteiger charge is -2.28. The van der Waals surface area contributed by atoms with Crippen molar-refractivity contribution in [1.82, 2.24) is 25.2 Å². The fraction of sp³-hybridized carbons (Fsp3) is 0.550. The van der Waals surface area contributed by atoms with Crippen LogP contribution in [0.3, 0.4) is 0 Å². The van der Waals surface area contributed by atoms with Gasteiger partial charge in [-0.3, -0.25) is 4.79 Å². The molecule has 0 atom stereocenters. The first-order valence-electron chi connectivity index (χ1n) is 9.99. The fourth-order valence-corrected chi connectivity index (χ4v) is 4.20. The largest absolute Gasteiger partial charge is 0.330 e. The summed E-state index contributed by atoms with van der Waals surface area (Å²) in [5.41, 5.74) is 0.452. The summed E-state index contributed by atoms with van der Waals surface area (Å²) in [5, 5.41) is 11.6. The van der Waals surface area contributed by atoms with Gasteiger partial charge in [-0.05, 0) is 57.0 Å². The molecule has 1 aliphatic carbocycles. The lowest BCUT2D eigenvalue weighted by molar-refractivity contribution is 0.0656. The first kappa shape index (κ1) is 21.6. The Morgan fingerprint density at radius 1 is 1.17 bits per heavy atom. The maximum Gasteiger partial charge on any atom is 0.276 e. The van der Waals surface area contributed by atoms with Gasteiger partial charge < -0.3 is 10.2 Å². The van der Waals surface area contributed by atoms with Crippen LogP contribution in [0.5, 0.6) is 0 Å². The van der Waals surface area contributed by atoms with Gasteiger partial charge in [0.2, 0.25) is 0 Å². The summed E-state index contributed by atoms with van der Waals surface area (Å²) in [7, 11) is 0. The molecule has 0 bridgehead atoms. The van der Waals surface area contributed by atoms with Gasteiger partial charge in [0, 0.05) is 18.2 Å². The second-order valence-corrected chi connectivity index (χ2v) is 7.67. The highest BCUT2D eigenvalue weighted by Crippen LogP contribution is 2.27. The Morgan fingerprint density at radius 2 is 1.90 bits per heavy atom. The molecule has 0 spiro atoms. The highest BCUT2D eigenvalue weighted by Gasteiger charge is 2.30. The molecular formula is C20H26ClF2N5O. The van der Waals surface area contributed by atoms with Crippen LogP contribution in [0.2, 0.25) is 0 Å². The molecule has 9 heteroatoms. The van der Waals surface area contributed by atoms with E-state index in [1.165, 1.54) is 0 Å². The normalized spacial score (nSPS) is 17.9. The smallest absolute Gasteiger partial charge is 0.276 e. The number of nitrogens with one attached hydrogen (secondary N) is 1. The third kappa shape index (κ3) is 4.93. The fourth-order valence-electron chi connectivity index (χ4n) is 4.20. The van der Waals surface area contributed by atoms with Crippen LogP contribution in [0.15, 0.2) is 24.4 Å². The van der Waals surface area contributed by atoms with Crippen LogP contribution < -0.4 is 5.32 Å². The Hall–Kier alpha value is -2.06. The minimum atomic E-state index is -0.507. The van der Waals surface area contributed by atoms with Crippen LogP contribution in [0, 0.1) is 11.6 Å². The second-order valence-electron chi connectivity index (χ2n) is 7.67. The summed E-state index contributed by atoms with van der Waals surface area (Å²) in [6.45, 7) is 1.87. The summed E-state index contributed by atoms with van der Waals surface area (Å²) < 4.78 is 29.6. The monoisotopic (exact) mass is 425 g/mol. The molecule has 2 aromatic rings. The van der Waals surface area contributed by atoms with E-state index in [-0.39, 0.29) is 48.2 Å². The van der Waals surface area contributed by atoms with Crippen molar-refractivity contribution in [3.63, 3.8) is 0 Å². The zero-order valence-corrected chi connectivity index (χ0v) is 17.0. The van der Waals surface area contributed by atoms with E-state index in [0.29, 0.717) is 0 Å². The summed E-state index contributed by atoms with van der Waals surface area (Å²) in [5.74, 6) is -1.28. The maximum absolute atomic E-state index is 14.2. The van der Waals surface area contributed by atoms with E-state index in [9.17, 15) is 13.6 Å². The maximum atomic E-state index is 14.2. The van der Waals surface area contributed by atoms with Gasteiger partial charge in [0.15, 0.2) is 5.69 Å². The minimum Gasteiger partial charge on any atom is -0.330 e. The molecule has 158 valence electrons. The highest BCUT2D eigenvalue weighted by molar-refractivity contribution is 5.92. The van der Waals surface area contributed by atoms with Gasteiger partial charge in [-0.15, -0.1) is 17.5 Å². The van der Waals surface area contributed by atoms with Crippen molar-refractivity contribution in [3.8, 4) is 0 Å². The molecule has 6 nitrogen and oxygen atoms in total. The third-order valence-electron chi connectivity index (χ3n) is 5.79.